The fraction of sp³-hybridized carbons (Fsp3) is 0.875. The maximum absolute atomic E-state index is 12.6. The van der Waals surface area contributed by atoms with Crippen LogP contribution in [0.3, 0.4) is 0 Å². The summed E-state index contributed by atoms with van der Waals surface area (Å²) in [4.78, 5) is 10.7. The van der Waals surface area contributed by atoms with Crippen LogP contribution in [-0.4, -0.2) is 22.7 Å². The molecule has 1 nitrogen and oxygen atoms in total. The van der Waals surface area contributed by atoms with Gasteiger partial charge in [0.1, 0.15) is 6.29 Å². The van der Waals surface area contributed by atoms with Gasteiger partial charge in [0.25, 0.3) is 0 Å². The van der Waals surface area contributed by atoms with E-state index < -0.39 is 10.7 Å². The van der Waals surface area contributed by atoms with Crippen molar-refractivity contribution in [3.05, 3.63) is 0 Å². The number of rotatable bonds is 3. The van der Waals surface area contributed by atoms with Crippen molar-refractivity contribution in [1.82, 2.24) is 0 Å². The van der Waals surface area contributed by atoms with Crippen LogP contribution in [0.2, 0.25) is 0 Å². The smallest absolute Gasteiger partial charge is 0.247 e. The van der Waals surface area contributed by atoms with Crippen LogP contribution in [0.4, 0.5) is 8.78 Å². The number of carbonyl (C=O) groups excluding carboxylic acids is 1. The quantitative estimate of drug-likeness (QED) is 0.642. The SMILES string of the molecule is CC(F)(F)CC1(C=O)CCCS1. The molecule has 0 spiro atoms. The number of alkyl halides is 2. The largest absolute Gasteiger partial charge is 0.302 e. The first kappa shape index (κ1) is 9.96. The molecule has 0 aromatic carbocycles. The molecule has 12 heavy (non-hydrogen) atoms. The number of aldehydes is 1. The summed E-state index contributed by atoms with van der Waals surface area (Å²) in [6, 6.07) is 0. The van der Waals surface area contributed by atoms with Crippen LogP contribution in [0, 0.1) is 0 Å². The van der Waals surface area contributed by atoms with Crippen molar-refractivity contribution in [2.24, 2.45) is 0 Å². The number of thioether (sulfide) groups is 1. The lowest BCUT2D eigenvalue weighted by Gasteiger charge is -2.24. The van der Waals surface area contributed by atoms with E-state index in [1.165, 1.54) is 11.8 Å². The van der Waals surface area contributed by atoms with Crippen molar-refractivity contribution in [3.8, 4) is 0 Å². The maximum Gasteiger partial charge on any atom is 0.247 e. The van der Waals surface area contributed by atoms with Gasteiger partial charge in [-0.25, -0.2) is 8.78 Å². The van der Waals surface area contributed by atoms with Gasteiger partial charge in [-0.2, -0.15) is 0 Å². The lowest BCUT2D eigenvalue weighted by atomic mass is 9.97. The highest BCUT2D eigenvalue weighted by Crippen LogP contribution is 2.43. The van der Waals surface area contributed by atoms with Crippen molar-refractivity contribution in [2.75, 3.05) is 5.75 Å². The summed E-state index contributed by atoms with van der Waals surface area (Å²) in [6.07, 6.45) is 1.86. The summed E-state index contributed by atoms with van der Waals surface area (Å²) in [5.74, 6) is -1.90. The zero-order valence-corrected chi connectivity index (χ0v) is 7.79. The Morgan fingerprint density at radius 2 is 2.33 bits per heavy atom. The molecule has 70 valence electrons. The standard InChI is InChI=1S/C8H12F2OS/c1-7(9,10)5-8(6-11)3-2-4-12-8/h6H,2-5H2,1H3. The van der Waals surface area contributed by atoms with Crippen molar-refractivity contribution >= 4 is 18.0 Å². The van der Waals surface area contributed by atoms with E-state index in [9.17, 15) is 13.6 Å². The Hall–Kier alpha value is -0.120. The van der Waals surface area contributed by atoms with Crippen molar-refractivity contribution < 1.29 is 13.6 Å². The highest BCUT2D eigenvalue weighted by atomic mass is 32.2. The van der Waals surface area contributed by atoms with Gasteiger partial charge in [-0.3, -0.25) is 0 Å². The first-order valence-corrected chi connectivity index (χ1v) is 4.94. The van der Waals surface area contributed by atoms with Gasteiger partial charge in [0.15, 0.2) is 0 Å². The highest BCUT2D eigenvalue weighted by molar-refractivity contribution is 8.01. The third-order valence-corrected chi connectivity index (χ3v) is 3.47. The van der Waals surface area contributed by atoms with Crippen LogP contribution in [0.1, 0.15) is 26.2 Å². The van der Waals surface area contributed by atoms with Gasteiger partial charge in [-0.1, -0.05) is 0 Å². The average molecular weight is 194 g/mol. The predicted octanol–water partition coefficient (Wildman–Crippen LogP) is 2.50. The second-order valence-corrected chi connectivity index (χ2v) is 4.89. The van der Waals surface area contributed by atoms with E-state index in [0.717, 1.165) is 19.1 Å². The number of halogens is 2. The lowest BCUT2D eigenvalue weighted by Crippen LogP contribution is -2.31. The molecule has 0 aliphatic carbocycles. The number of hydrogen-bond acceptors (Lipinski definition) is 2. The zero-order valence-electron chi connectivity index (χ0n) is 6.98. The van der Waals surface area contributed by atoms with E-state index in [4.69, 9.17) is 0 Å². The van der Waals surface area contributed by atoms with Gasteiger partial charge in [-0.15, -0.1) is 11.8 Å². The molecule has 1 saturated heterocycles. The minimum absolute atomic E-state index is 0.311. The third kappa shape index (κ3) is 2.44. The van der Waals surface area contributed by atoms with E-state index in [2.05, 4.69) is 0 Å². The van der Waals surface area contributed by atoms with Gasteiger partial charge in [0, 0.05) is 6.42 Å². The summed E-state index contributed by atoms with van der Waals surface area (Å²) >= 11 is 1.37. The molecule has 1 aliphatic rings. The Morgan fingerprint density at radius 3 is 2.67 bits per heavy atom. The van der Waals surface area contributed by atoms with Gasteiger partial charge in [-0.05, 0) is 25.5 Å². The normalized spacial score (nSPS) is 30.6. The second kappa shape index (κ2) is 3.32. The molecule has 0 saturated carbocycles. The first-order chi connectivity index (χ1) is 5.47. The highest BCUT2D eigenvalue weighted by Gasteiger charge is 2.41. The average Bonchev–Trinajstić information content (AvgIpc) is 2.34. The van der Waals surface area contributed by atoms with Crippen molar-refractivity contribution in [2.45, 2.75) is 36.9 Å². The second-order valence-electron chi connectivity index (χ2n) is 3.38. The molecule has 0 N–H and O–H groups in total. The Balaban J connectivity index is 2.62. The minimum Gasteiger partial charge on any atom is -0.302 e. The molecule has 1 rings (SSSR count). The molecule has 0 radical (unpaired) electrons. The first-order valence-electron chi connectivity index (χ1n) is 3.96. The molecular formula is C8H12F2OS. The monoisotopic (exact) mass is 194 g/mol. The molecule has 0 aromatic heterocycles. The molecule has 1 heterocycles. The topological polar surface area (TPSA) is 17.1 Å². The molecule has 1 atom stereocenters. The van der Waals surface area contributed by atoms with Crippen molar-refractivity contribution in [3.63, 3.8) is 0 Å². The molecule has 0 amide bonds. The molecular weight excluding hydrogens is 182 g/mol. The zero-order chi connectivity index (χ0) is 9.24. The summed E-state index contributed by atoms with van der Waals surface area (Å²) in [5, 5.41) is 0. The van der Waals surface area contributed by atoms with Gasteiger partial charge < -0.3 is 4.79 Å². The molecule has 0 bridgehead atoms. The van der Waals surface area contributed by atoms with E-state index in [-0.39, 0.29) is 6.42 Å². The fourth-order valence-electron chi connectivity index (χ4n) is 1.52. The van der Waals surface area contributed by atoms with Gasteiger partial charge in [0.05, 0.1) is 4.75 Å². The fourth-order valence-corrected chi connectivity index (χ4v) is 2.93. The maximum atomic E-state index is 12.6. The Bertz CT molecular complexity index is 170. The van der Waals surface area contributed by atoms with Crippen LogP contribution in [0.25, 0.3) is 0 Å². The van der Waals surface area contributed by atoms with E-state index in [1.54, 1.807) is 0 Å². The molecule has 1 aliphatic heterocycles. The van der Waals surface area contributed by atoms with Crippen LogP contribution < -0.4 is 0 Å². The van der Waals surface area contributed by atoms with Crippen molar-refractivity contribution in [1.29, 1.82) is 0 Å². The molecule has 0 aromatic rings. The predicted molar refractivity (Wildman–Crippen MR) is 45.7 cm³/mol. The molecule has 1 unspecified atom stereocenters. The van der Waals surface area contributed by atoms with E-state index in [1.807, 2.05) is 0 Å². The Morgan fingerprint density at radius 1 is 1.67 bits per heavy atom. The summed E-state index contributed by atoms with van der Waals surface area (Å²) < 4.78 is 24.5. The van der Waals surface area contributed by atoms with Crippen LogP contribution in [-0.2, 0) is 4.79 Å². The minimum atomic E-state index is -2.72. The number of carbonyl (C=O) groups is 1. The van der Waals surface area contributed by atoms with E-state index in [0.29, 0.717) is 12.7 Å². The molecule has 4 heteroatoms. The van der Waals surface area contributed by atoms with E-state index >= 15 is 0 Å². The van der Waals surface area contributed by atoms with Gasteiger partial charge in [0.2, 0.25) is 5.92 Å². The van der Waals surface area contributed by atoms with Gasteiger partial charge >= 0.3 is 0 Å². The number of hydrogen-bond donors (Lipinski definition) is 0. The third-order valence-electron chi connectivity index (χ3n) is 1.96. The molecule has 1 fully saturated rings. The summed E-state index contributed by atoms with van der Waals surface area (Å²) in [5.41, 5.74) is 0. The Labute approximate surface area is 74.9 Å². The van der Waals surface area contributed by atoms with Crippen LogP contribution in [0.5, 0.6) is 0 Å². The summed E-state index contributed by atoms with van der Waals surface area (Å²) in [7, 11) is 0. The summed E-state index contributed by atoms with van der Waals surface area (Å²) in [6.45, 7) is 0.872. The lowest BCUT2D eigenvalue weighted by molar-refractivity contribution is -0.112. The van der Waals surface area contributed by atoms with Crippen LogP contribution in [0.15, 0.2) is 0 Å². The Kier molecular flexibility index (Phi) is 2.76. The van der Waals surface area contributed by atoms with Crippen LogP contribution >= 0.6 is 11.8 Å².